The molecule has 3 nitrogen and oxygen atoms in total. The predicted octanol–water partition coefficient (Wildman–Crippen LogP) is 6.16. The smallest absolute Gasteiger partial charge is 0.341 e. The highest BCUT2D eigenvalue weighted by atomic mass is 35.8. The lowest BCUT2D eigenvalue weighted by molar-refractivity contribution is -0.131. The van der Waals surface area contributed by atoms with E-state index in [9.17, 15) is 4.79 Å². The number of hydrogen-bond donors (Lipinski definition) is 1. The van der Waals surface area contributed by atoms with Crippen LogP contribution in [0.25, 0.3) is 6.08 Å². The van der Waals surface area contributed by atoms with Crippen LogP contribution in [0.15, 0.2) is 30.3 Å². The van der Waals surface area contributed by atoms with Gasteiger partial charge in [-0.2, -0.15) is 0 Å². The first-order chi connectivity index (χ1) is 11.4. The van der Waals surface area contributed by atoms with E-state index in [0.717, 1.165) is 49.1 Å². The average molecular weight is 410 g/mol. The Kier molecular flexibility index (Phi) is 10.5. The standard InChI is InChI=1S/C17H23Cl3O3Si/c18-24(19,20)14-6-4-2-1-3-5-13-23-16-10-7-15(8-11-16)9-12-17(21)22/h7-12H,1-6,13-14H2,(H,21,22)/b12-9+. The molecular formula is C17H23Cl3O3Si. The van der Waals surface area contributed by atoms with Gasteiger partial charge in [-0.05, 0) is 36.2 Å². The van der Waals surface area contributed by atoms with Crippen LogP contribution in [0.2, 0.25) is 6.04 Å². The summed E-state index contributed by atoms with van der Waals surface area (Å²) in [4.78, 5) is 10.4. The molecule has 1 aromatic rings. The van der Waals surface area contributed by atoms with Crippen LogP contribution in [-0.2, 0) is 4.79 Å². The second-order valence-corrected chi connectivity index (χ2v) is 14.9. The van der Waals surface area contributed by atoms with E-state index in [1.54, 1.807) is 6.08 Å². The number of hydrogen-bond acceptors (Lipinski definition) is 2. The molecule has 0 spiro atoms. The van der Waals surface area contributed by atoms with Crippen LogP contribution in [0.3, 0.4) is 0 Å². The number of carboxylic acid groups (broad SMARTS) is 1. The van der Waals surface area contributed by atoms with Gasteiger partial charge in [-0.15, -0.1) is 33.2 Å². The molecule has 0 radical (unpaired) electrons. The van der Waals surface area contributed by atoms with Gasteiger partial charge in [-0.3, -0.25) is 0 Å². The number of carboxylic acids is 1. The quantitative estimate of drug-likeness (QED) is 0.195. The van der Waals surface area contributed by atoms with Crippen LogP contribution >= 0.6 is 33.2 Å². The van der Waals surface area contributed by atoms with Gasteiger partial charge in [0.2, 0.25) is 0 Å². The molecule has 0 aliphatic heterocycles. The van der Waals surface area contributed by atoms with Crippen molar-refractivity contribution in [2.45, 2.75) is 44.6 Å². The highest BCUT2D eigenvalue weighted by Gasteiger charge is 2.23. The third-order valence-electron chi connectivity index (χ3n) is 3.42. The minimum atomic E-state index is -2.43. The average Bonchev–Trinajstić information content (AvgIpc) is 2.51. The van der Waals surface area contributed by atoms with Gasteiger partial charge in [-0.25, -0.2) is 4.79 Å². The third kappa shape index (κ3) is 11.8. The zero-order valence-corrected chi connectivity index (χ0v) is 16.8. The van der Waals surface area contributed by atoms with Crippen LogP contribution in [0.5, 0.6) is 5.75 Å². The van der Waals surface area contributed by atoms with E-state index in [2.05, 4.69) is 0 Å². The van der Waals surface area contributed by atoms with E-state index in [1.165, 1.54) is 12.8 Å². The van der Waals surface area contributed by atoms with Crippen molar-refractivity contribution in [1.82, 2.24) is 0 Å². The van der Waals surface area contributed by atoms with E-state index in [4.69, 9.17) is 43.1 Å². The molecule has 0 unspecified atom stereocenters. The van der Waals surface area contributed by atoms with Crippen LogP contribution in [0, 0.1) is 0 Å². The first-order valence-electron chi connectivity index (χ1n) is 8.07. The first kappa shape index (κ1) is 21.4. The Labute approximate surface area is 158 Å². The minimum absolute atomic E-state index is 0.686. The summed E-state index contributed by atoms with van der Waals surface area (Å²) in [5, 5.41) is 8.57. The Morgan fingerprint density at radius 2 is 1.58 bits per heavy atom. The zero-order valence-electron chi connectivity index (χ0n) is 13.5. The van der Waals surface area contributed by atoms with Crippen molar-refractivity contribution in [2.24, 2.45) is 0 Å². The van der Waals surface area contributed by atoms with Crippen molar-refractivity contribution < 1.29 is 14.6 Å². The highest BCUT2D eigenvalue weighted by molar-refractivity contribution is 7.64. The molecule has 1 rings (SSSR count). The Hall–Kier alpha value is -0.683. The maximum absolute atomic E-state index is 10.4. The van der Waals surface area contributed by atoms with Crippen LogP contribution in [0.4, 0.5) is 0 Å². The molecule has 1 aromatic carbocycles. The summed E-state index contributed by atoms with van der Waals surface area (Å²) in [5.74, 6) is -0.153. The molecule has 0 saturated heterocycles. The molecule has 24 heavy (non-hydrogen) atoms. The molecule has 7 heteroatoms. The summed E-state index contributed by atoms with van der Waals surface area (Å²) in [6.07, 6.45) is 9.27. The molecule has 0 amide bonds. The molecular weight excluding hydrogens is 387 g/mol. The van der Waals surface area contributed by atoms with E-state index in [1.807, 2.05) is 24.3 Å². The first-order valence-corrected chi connectivity index (χ1v) is 13.3. The minimum Gasteiger partial charge on any atom is -0.494 e. The van der Waals surface area contributed by atoms with Crippen molar-refractivity contribution in [3.05, 3.63) is 35.9 Å². The fourth-order valence-electron chi connectivity index (χ4n) is 2.17. The van der Waals surface area contributed by atoms with E-state index in [0.29, 0.717) is 6.61 Å². The Balaban J connectivity index is 2.06. The molecule has 0 heterocycles. The Morgan fingerprint density at radius 3 is 2.17 bits per heavy atom. The molecule has 0 bridgehead atoms. The summed E-state index contributed by atoms with van der Waals surface area (Å²) in [6.45, 7) is 0.686. The summed E-state index contributed by atoms with van der Waals surface area (Å²) in [6, 6.07) is 5.69. The Bertz CT molecular complexity index is 513. The highest BCUT2D eigenvalue weighted by Crippen LogP contribution is 2.27. The van der Waals surface area contributed by atoms with Gasteiger partial charge < -0.3 is 9.84 Å². The molecule has 134 valence electrons. The zero-order chi connectivity index (χ0) is 17.8. The molecule has 0 aromatic heterocycles. The summed E-state index contributed by atoms with van der Waals surface area (Å²) >= 11 is 17.5. The van der Waals surface area contributed by atoms with Crippen LogP contribution in [0.1, 0.15) is 44.1 Å². The van der Waals surface area contributed by atoms with E-state index < -0.39 is 12.0 Å². The van der Waals surface area contributed by atoms with Crippen molar-refractivity contribution in [3.8, 4) is 5.75 Å². The number of ether oxygens (including phenoxy) is 1. The lowest BCUT2D eigenvalue weighted by Crippen LogP contribution is -2.07. The van der Waals surface area contributed by atoms with Crippen LogP contribution in [-0.4, -0.2) is 23.7 Å². The topological polar surface area (TPSA) is 46.5 Å². The predicted molar refractivity (Wildman–Crippen MR) is 104 cm³/mol. The maximum atomic E-state index is 10.4. The van der Waals surface area contributed by atoms with Gasteiger partial charge in [0.05, 0.1) is 6.61 Å². The lowest BCUT2D eigenvalue weighted by atomic mass is 10.1. The fraction of sp³-hybridized carbons (Fsp3) is 0.471. The number of benzene rings is 1. The van der Waals surface area contributed by atoms with Gasteiger partial charge in [0.25, 0.3) is 0 Å². The number of rotatable bonds is 12. The Morgan fingerprint density at radius 1 is 1.00 bits per heavy atom. The number of carbonyl (C=O) groups is 1. The second-order valence-electron chi connectivity index (χ2n) is 5.58. The van der Waals surface area contributed by atoms with Gasteiger partial charge in [0, 0.05) is 6.08 Å². The van der Waals surface area contributed by atoms with Crippen molar-refractivity contribution in [3.63, 3.8) is 0 Å². The fourth-order valence-corrected chi connectivity index (χ4v) is 4.02. The molecule has 0 atom stereocenters. The lowest BCUT2D eigenvalue weighted by Gasteiger charge is -2.08. The second kappa shape index (κ2) is 11.8. The van der Waals surface area contributed by atoms with Gasteiger partial charge in [0.15, 0.2) is 0 Å². The SMILES string of the molecule is O=C(O)/C=C/c1ccc(OCCCCCCCC[Si](Cl)(Cl)Cl)cc1. The normalized spacial score (nSPS) is 11.8. The largest absolute Gasteiger partial charge is 0.494 e. The van der Waals surface area contributed by atoms with E-state index in [-0.39, 0.29) is 0 Å². The molecule has 0 aliphatic carbocycles. The van der Waals surface area contributed by atoms with Gasteiger partial charge >= 0.3 is 12.0 Å². The maximum Gasteiger partial charge on any atom is 0.341 e. The van der Waals surface area contributed by atoms with Gasteiger partial charge in [-0.1, -0.05) is 44.2 Å². The molecule has 0 saturated carbocycles. The number of halogens is 3. The number of unbranched alkanes of at least 4 members (excludes halogenated alkanes) is 5. The summed E-state index contributed by atoms with van der Waals surface area (Å²) in [7, 11) is 0. The van der Waals surface area contributed by atoms with Gasteiger partial charge in [0.1, 0.15) is 5.75 Å². The van der Waals surface area contributed by atoms with Crippen molar-refractivity contribution in [1.29, 1.82) is 0 Å². The summed E-state index contributed by atoms with van der Waals surface area (Å²) in [5.41, 5.74) is 0.836. The third-order valence-corrected chi connectivity index (χ3v) is 6.04. The van der Waals surface area contributed by atoms with Crippen molar-refractivity contribution >= 4 is 51.3 Å². The monoisotopic (exact) mass is 408 g/mol. The number of aliphatic carboxylic acids is 1. The van der Waals surface area contributed by atoms with E-state index >= 15 is 0 Å². The molecule has 0 fully saturated rings. The molecule has 1 N–H and O–H groups in total. The van der Waals surface area contributed by atoms with Crippen LogP contribution < -0.4 is 4.74 Å². The molecule has 0 aliphatic rings. The summed E-state index contributed by atoms with van der Waals surface area (Å²) < 4.78 is 5.67. The van der Waals surface area contributed by atoms with Crippen molar-refractivity contribution in [2.75, 3.05) is 6.61 Å².